The van der Waals surface area contributed by atoms with Crippen molar-refractivity contribution in [2.24, 2.45) is 5.10 Å². The molecule has 0 unspecified atom stereocenters. The Morgan fingerprint density at radius 3 is 3.06 bits per heavy atom. The van der Waals surface area contributed by atoms with Gasteiger partial charge in [-0.05, 0) is 12.1 Å². The van der Waals surface area contributed by atoms with Gasteiger partial charge in [-0.25, -0.2) is 5.43 Å². The van der Waals surface area contributed by atoms with E-state index in [2.05, 4.69) is 25.7 Å². The average molecular weight is 245 g/mol. The number of methoxy groups -OCH3 is 1. The van der Waals surface area contributed by atoms with E-state index in [9.17, 15) is 4.79 Å². The van der Waals surface area contributed by atoms with Crippen LogP contribution in [0, 0.1) is 0 Å². The molecule has 0 atom stereocenters. The van der Waals surface area contributed by atoms with E-state index >= 15 is 0 Å². The van der Waals surface area contributed by atoms with E-state index in [1.165, 1.54) is 0 Å². The highest BCUT2D eigenvalue weighted by Crippen LogP contribution is 2.14. The topological polar surface area (TPSA) is 92.3 Å². The number of para-hydroxylation sites is 1. The number of hydrazone groups is 1. The quantitative estimate of drug-likeness (QED) is 0.608. The maximum atomic E-state index is 11.0. The van der Waals surface area contributed by atoms with Gasteiger partial charge in [-0.1, -0.05) is 12.1 Å². The van der Waals surface area contributed by atoms with Crippen LogP contribution in [-0.2, 0) is 0 Å². The lowest BCUT2D eigenvalue weighted by Crippen LogP contribution is -2.10. The van der Waals surface area contributed by atoms with Gasteiger partial charge in [0, 0.05) is 5.56 Å². The normalized spacial score (nSPS) is 10.5. The van der Waals surface area contributed by atoms with E-state index in [0.29, 0.717) is 5.75 Å². The van der Waals surface area contributed by atoms with E-state index in [4.69, 9.17) is 4.74 Å². The molecule has 2 aromatic rings. The van der Waals surface area contributed by atoms with Crippen molar-refractivity contribution in [3.05, 3.63) is 46.4 Å². The summed E-state index contributed by atoms with van der Waals surface area (Å²) in [4.78, 5) is 13.4. The number of rotatable bonds is 4. The molecule has 2 N–H and O–H groups in total. The van der Waals surface area contributed by atoms with E-state index < -0.39 is 0 Å². The van der Waals surface area contributed by atoms with Gasteiger partial charge in [-0.2, -0.15) is 5.10 Å². The predicted molar refractivity (Wildman–Crippen MR) is 66.9 cm³/mol. The molecule has 0 spiro atoms. The number of hydrogen-bond acceptors (Lipinski definition) is 6. The van der Waals surface area contributed by atoms with Gasteiger partial charge >= 0.3 is 0 Å². The minimum Gasteiger partial charge on any atom is -0.496 e. The van der Waals surface area contributed by atoms with Crippen LogP contribution in [0.5, 0.6) is 5.75 Å². The van der Waals surface area contributed by atoms with Gasteiger partial charge in [0.25, 0.3) is 5.56 Å². The SMILES string of the molecule is COc1ccccc1/C=N/Nc1nncc(=O)[nH]1. The summed E-state index contributed by atoms with van der Waals surface area (Å²) < 4.78 is 5.16. The van der Waals surface area contributed by atoms with Gasteiger partial charge in [0.05, 0.1) is 13.3 Å². The third kappa shape index (κ3) is 2.91. The third-order valence-electron chi connectivity index (χ3n) is 2.09. The molecule has 1 aromatic heterocycles. The highest BCUT2D eigenvalue weighted by molar-refractivity contribution is 5.83. The summed E-state index contributed by atoms with van der Waals surface area (Å²) in [6.45, 7) is 0. The lowest BCUT2D eigenvalue weighted by Gasteiger charge is -2.02. The number of nitrogens with one attached hydrogen (secondary N) is 2. The second-order valence-electron chi connectivity index (χ2n) is 3.29. The van der Waals surface area contributed by atoms with Crippen molar-refractivity contribution in [3.63, 3.8) is 0 Å². The summed E-state index contributed by atoms with van der Waals surface area (Å²) in [5, 5.41) is 11.1. The van der Waals surface area contributed by atoms with Gasteiger partial charge in [0.15, 0.2) is 0 Å². The second-order valence-corrected chi connectivity index (χ2v) is 3.29. The number of nitrogens with zero attached hydrogens (tertiary/aromatic N) is 3. The zero-order valence-corrected chi connectivity index (χ0v) is 9.62. The van der Waals surface area contributed by atoms with Gasteiger partial charge < -0.3 is 4.74 Å². The molecule has 7 nitrogen and oxygen atoms in total. The van der Waals surface area contributed by atoms with Crippen LogP contribution in [0.25, 0.3) is 0 Å². The number of aromatic nitrogens is 3. The van der Waals surface area contributed by atoms with E-state index in [1.54, 1.807) is 13.3 Å². The Bertz CT molecular complexity index is 608. The second kappa shape index (κ2) is 5.58. The molecule has 0 saturated heterocycles. The summed E-state index contributed by atoms with van der Waals surface area (Å²) >= 11 is 0. The zero-order valence-electron chi connectivity index (χ0n) is 9.62. The number of aromatic amines is 1. The van der Waals surface area contributed by atoms with Gasteiger partial charge in [0.2, 0.25) is 5.95 Å². The van der Waals surface area contributed by atoms with Crippen molar-refractivity contribution in [3.8, 4) is 5.75 Å². The van der Waals surface area contributed by atoms with Crippen LogP contribution in [0.2, 0.25) is 0 Å². The molecule has 92 valence electrons. The Balaban J connectivity index is 2.10. The van der Waals surface area contributed by atoms with Gasteiger partial charge in [-0.15, -0.1) is 10.2 Å². The van der Waals surface area contributed by atoms with Crippen molar-refractivity contribution in [1.82, 2.24) is 15.2 Å². The fourth-order valence-corrected chi connectivity index (χ4v) is 1.30. The first kappa shape index (κ1) is 11.8. The Kier molecular flexibility index (Phi) is 3.65. The zero-order chi connectivity index (χ0) is 12.8. The average Bonchev–Trinajstić information content (AvgIpc) is 2.39. The molecular formula is C11H11N5O2. The van der Waals surface area contributed by atoms with Crippen LogP contribution < -0.4 is 15.7 Å². The molecular weight excluding hydrogens is 234 g/mol. The first-order valence-corrected chi connectivity index (χ1v) is 5.13. The molecule has 2 rings (SSSR count). The van der Waals surface area contributed by atoms with Crippen LogP contribution in [0.3, 0.4) is 0 Å². The number of benzene rings is 1. The largest absolute Gasteiger partial charge is 0.496 e. The lowest BCUT2D eigenvalue weighted by molar-refractivity contribution is 0.414. The van der Waals surface area contributed by atoms with E-state index in [1.807, 2.05) is 24.3 Å². The monoisotopic (exact) mass is 245 g/mol. The fraction of sp³-hybridized carbons (Fsp3) is 0.0909. The molecule has 0 radical (unpaired) electrons. The molecule has 0 aliphatic heterocycles. The van der Waals surface area contributed by atoms with Crippen molar-refractivity contribution in [2.45, 2.75) is 0 Å². The Hall–Kier alpha value is -2.70. The smallest absolute Gasteiger partial charge is 0.271 e. The van der Waals surface area contributed by atoms with Crippen LogP contribution in [0.4, 0.5) is 5.95 Å². The van der Waals surface area contributed by atoms with Crippen LogP contribution in [-0.4, -0.2) is 28.5 Å². The molecule has 1 aromatic carbocycles. The highest BCUT2D eigenvalue weighted by Gasteiger charge is 1.97. The van der Waals surface area contributed by atoms with Crippen molar-refractivity contribution < 1.29 is 4.74 Å². The Morgan fingerprint density at radius 2 is 2.28 bits per heavy atom. The first-order chi connectivity index (χ1) is 8.79. The first-order valence-electron chi connectivity index (χ1n) is 5.13. The summed E-state index contributed by atoms with van der Waals surface area (Å²) in [7, 11) is 1.58. The van der Waals surface area contributed by atoms with Crippen LogP contribution in [0.1, 0.15) is 5.56 Å². The fourth-order valence-electron chi connectivity index (χ4n) is 1.30. The maximum absolute atomic E-state index is 11.0. The van der Waals surface area contributed by atoms with Gasteiger partial charge in [0.1, 0.15) is 11.9 Å². The molecule has 0 fully saturated rings. The molecule has 18 heavy (non-hydrogen) atoms. The van der Waals surface area contributed by atoms with Crippen molar-refractivity contribution >= 4 is 12.2 Å². The van der Waals surface area contributed by atoms with E-state index in [-0.39, 0.29) is 11.5 Å². The van der Waals surface area contributed by atoms with Crippen LogP contribution >= 0.6 is 0 Å². The molecule has 0 saturated carbocycles. The molecule has 0 aliphatic rings. The molecule has 0 amide bonds. The third-order valence-corrected chi connectivity index (χ3v) is 2.09. The summed E-state index contributed by atoms with van der Waals surface area (Å²) in [5.74, 6) is 0.879. The minimum absolute atomic E-state index is 0.175. The number of hydrogen-bond donors (Lipinski definition) is 2. The number of H-pyrrole nitrogens is 1. The number of ether oxygens (including phenoxy) is 1. The lowest BCUT2D eigenvalue weighted by atomic mass is 10.2. The molecule has 0 aliphatic carbocycles. The minimum atomic E-state index is -0.347. The van der Waals surface area contributed by atoms with E-state index in [0.717, 1.165) is 11.8 Å². The predicted octanol–water partition coefficient (Wildman–Crippen LogP) is 0.619. The van der Waals surface area contributed by atoms with Crippen molar-refractivity contribution in [2.75, 3.05) is 12.5 Å². The number of anilines is 1. The maximum Gasteiger partial charge on any atom is 0.271 e. The van der Waals surface area contributed by atoms with Crippen molar-refractivity contribution in [1.29, 1.82) is 0 Å². The summed E-state index contributed by atoms with van der Waals surface area (Å²) in [5.41, 5.74) is 3.03. The highest BCUT2D eigenvalue weighted by atomic mass is 16.5. The molecule has 1 heterocycles. The van der Waals surface area contributed by atoms with Crippen LogP contribution in [0.15, 0.2) is 40.4 Å². The standard InChI is InChI=1S/C11H11N5O2/c1-18-9-5-3-2-4-8(9)6-12-15-11-14-10(17)7-13-16-11/h2-7H,1H3,(H2,14,15,16,17)/b12-6+. The molecule has 0 bridgehead atoms. The Labute approximate surface area is 103 Å². The Morgan fingerprint density at radius 1 is 1.44 bits per heavy atom. The summed E-state index contributed by atoms with van der Waals surface area (Å²) in [6, 6.07) is 7.41. The van der Waals surface area contributed by atoms with Gasteiger partial charge in [-0.3, -0.25) is 9.78 Å². The summed E-state index contributed by atoms with van der Waals surface area (Å²) in [6.07, 6.45) is 2.64. The molecule has 7 heteroatoms.